The van der Waals surface area contributed by atoms with E-state index < -0.39 is 0 Å². The summed E-state index contributed by atoms with van der Waals surface area (Å²) < 4.78 is 5.80. The number of hydrogen-bond acceptors (Lipinski definition) is 1. The summed E-state index contributed by atoms with van der Waals surface area (Å²) in [5, 5.41) is 1.05. The van der Waals surface area contributed by atoms with E-state index in [-0.39, 0.29) is 0 Å². The summed E-state index contributed by atoms with van der Waals surface area (Å²) in [6, 6.07) is 11.8. The first-order chi connectivity index (χ1) is 9.63. The highest BCUT2D eigenvalue weighted by molar-refractivity contribution is 6.36. The van der Waals surface area contributed by atoms with Crippen molar-refractivity contribution in [2.45, 2.75) is 25.8 Å². The van der Waals surface area contributed by atoms with Gasteiger partial charge in [0.1, 0.15) is 12.4 Å². The molecule has 0 aliphatic carbocycles. The first-order valence-electron chi connectivity index (χ1n) is 6.38. The average molecular weight is 330 g/mol. The molecule has 20 heavy (non-hydrogen) atoms. The molecule has 0 amide bonds. The third kappa shape index (κ3) is 3.82. The van der Waals surface area contributed by atoms with Crippen LogP contribution in [-0.4, -0.2) is 0 Å². The van der Waals surface area contributed by atoms with Crippen LogP contribution in [0.2, 0.25) is 10.0 Å². The average Bonchev–Trinajstić information content (AvgIpc) is 2.46. The van der Waals surface area contributed by atoms with Crippen LogP contribution < -0.4 is 4.74 Å². The van der Waals surface area contributed by atoms with Crippen LogP contribution >= 0.6 is 34.8 Å². The molecule has 0 aliphatic rings. The molecule has 0 unspecified atom stereocenters. The molecule has 2 rings (SSSR count). The van der Waals surface area contributed by atoms with E-state index in [1.54, 1.807) is 12.1 Å². The molecular weight excluding hydrogens is 315 g/mol. The largest absolute Gasteiger partial charge is 0.487 e. The maximum Gasteiger partial charge on any atom is 0.142 e. The lowest BCUT2D eigenvalue weighted by molar-refractivity contribution is 0.304. The molecule has 0 radical (unpaired) electrons. The molecule has 4 heteroatoms. The highest BCUT2D eigenvalue weighted by atomic mass is 35.5. The molecule has 2 aromatic rings. The van der Waals surface area contributed by atoms with Crippen LogP contribution in [-0.2, 0) is 18.9 Å². The van der Waals surface area contributed by atoms with Gasteiger partial charge in [0.15, 0.2) is 0 Å². The minimum absolute atomic E-state index is 0.310. The van der Waals surface area contributed by atoms with E-state index in [9.17, 15) is 0 Å². The Morgan fingerprint density at radius 1 is 1.00 bits per heavy atom. The summed E-state index contributed by atoms with van der Waals surface area (Å²) in [6.07, 6.45) is 1.03. The summed E-state index contributed by atoms with van der Waals surface area (Å²) in [6.45, 7) is 2.58. The van der Waals surface area contributed by atoms with Gasteiger partial charge in [-0.1, -0.05) is 54.4 Å². The Kier molecular flexibility index (Phi) is 5.59. The zero-order valence-corrected chi connectivity index (χ0v) is 13.4. The Labute approximate surface area is 134 Å². The zero-order chi connectivity index (χ0) is 14.5. The van der Waals surface area contributed by atoms with Gasteiger partial charge in [-0.2, -0.15) is 0 Å². The van der Waals surface area contributed by atoms with E-state index in [4.69, 9.17) is 39.5 Å². The van der Waals surface area contributed by atoms with E-state index in [1.807, 2.05) is 0 Å². The minimum Gasteiger partial charge on any atom is -0.487 e. The highest BCUT2D eigenvalue weighted by Crippen LogP contribution is 2.34. The molecular formula is C16H15Cl3O. The molecule has 2 aromatic carbocycles. The summed E-state index contributed by atoms with van der Waals surface area (Å²) >= 11 is 18.0. The molecule has 1 nitrogen and oxygen atoms in total. The van der Waals surface area contributed by atoms with Crippen molar-refractivity contribution in [2.24, 2.45) is 0 Å². The first-order valence-corrected chi connectivity index (χ1v) is 7.67. The second-order valence-corrected chi connectivity index (χ2v) is 5.58. The van der Waals surface area contributed by atoms with Crippen LogP contribution in [0, 0.1) is 0 Å². The quantitative estimate of drug-likeness (QED) is 0.623. The van der Waals surface area contributed by atoms with Crippen molar-refractivity contribution in [1.82, 2.24) is 0 Å². The van der Waals surface area contributed by atoms with Crippen molar-refractivity contribution < 1.29 is 4.74 Å². The summed E-state index contributed by atoms with van der Waals surface area (Å²) in [5.74, 6) is 0.912. The van der Waals surface area contributed by atoms with E-state index in [2.05, 4.69) is 31.2 Å². The fourth-order valence-corrected chi connectivity index (χ4v) is 2.69. The predicted octanol–water partition coefficient (Wildman–Crippen LogP) is 5.87. The fraction of sp³-hybridized carbons (Fsp3) is 0.250. The summed E-state index contributed by atoms with van der Waals surface area (Å²) in [4.78, 5) is 0. The minimum atomic E-state index is 0.310. The van der Waals surface area contributed by atoms with Crippen LogP contribution in [0.3, 0.4) is 0 Å². The Hall–Kier alpha value is -0.890. The van der Waals surface area contributed by atoms with Crippen LogP contribution in [0.25, 0.3) is 0 Å². The van der Waals surface area contributed by atoms with Crippen LogP contribution in [0.15, 0.2) is 36.4 Å². The number of halogens is 3. The molecule has 0 bridgehead atoms. The van der Waals surface area contributed by atoms with Crippen molar-refractivity contribution in [2.75, 3.05) is 0 Å². The smallest absolute Gasteiger partial charge is 0.142 e. The molecule has 0 N–H and O–H groups in total. The maximum atomic E-state index is 6.16. The topological polar surface area (TPSA) is 9.23 Å². The third-order valence-electron chi connectivity index (χ3n) is 3.04. The van der Waals surface area contributed by atoms with Crippen molar-refractivity contribution >= 4 is 34.8 Å². The predicted molar refractivity (Wildman–Crippen MR) is 86.2 cm³/mol. The van der Waals surface area contributed by atoms with Crippen LogP contribution in [0.4, 0.5) is 0 Å². The molecule has 0 spiro atoms. The Bertz CT molecular complexity index is 579. The SMILES string of the molecule is CCc1ccc(COc2c(Cl)cc(Cl)cc2CCl)cc1. The Morgan fingerprint density at radius 2 is 1.65 bits per heavy atom. The Balaban J connectivity index is 2.13. The van der Waals surface area contributed by atoms with Crippen molar-refractivity contribution in [3.05, 3.63) is 63.1 Å². The van der Waals surface area contributed by atoms with Gasteiger partial charge in [-0.3, -0.25) is 0 Å². The van der Waals surface area contributed by atoms with Gasteiger partial charge in [0, 0.05) is 10.6 Å². The number of rotatable bonds is 5. The number of aryl methyl sites for hydroxylation is 1. The fourth-order valence-electron chi connectivity index (χ4n) is 1.90. The van der Waals surface area contributed by atoms with Gasteiger partial charge in [0.25, 0.3) is 0 Å². The molecule has 0 saturated carbocycles. The van der Waals surface area contributed by atoms with Gasteiger partial charge in [-0.05, 0) is 29.7 Å². The van der Waals surface area contributed by atoms with Gasteiger partial charge in [-0.25, -0.2) is 0 Å². The molecule has 106 valence electrons. The van der Waals surface area contributed by atoms with E-state index in [0.717, 1.165) is 17.5 Å². The second-order valence-electron chi connectivity index (χ2n) is 4.47. The summed E-state index contributed by atoms with van der Waals surface area (Å²) in [5.41, 5.74) is 3.20. The maximum absolute atomic E-state index is 6.16. The van der Waals surface area contributed by atoms with Crippen molar-refractivity contribution in [3.8, 4) is 5.75 Å². The standard InChI is InChI=1S/C16H15Cl3O/c1-2-11-3-5-12(6-4-11)10-20-16-13(9-17)7-14(18)8-15(16)19/h3-8H,2,9-10H2,1H3. The molecule has 0 atom stereocenters. The Morgan fingerprint density at radius 3 is 2.25 bits per heavy atom. The van der Waals surface area contributed by atoms with E-state index in [0.29, 0.717) is 28.3 Å². The summed E-state index contributed by atoms with van der Waals surface area (Å²) in [7, 11) is 0. The van der Waals surface area contributed by atoms with Gasteiger partial charge in [-0.15, -0.1) is 11.6 Å². The lowest BCUT2D eigenvalue weighted by Crippen LogP contribution is -1.99. The monoisotopic (exact) mass is 328 g/mol. The van der Waals surface area contributed by atoms with Crippen molar-refractivity contribution in [3.63, 3.8) is 0 Å². The third-order valence-corrected chi connectivity index (χ3v) is 3.83. The van der Waals surface area contributed by atoms with Gasteiger partial charge in [0.05, 0.1) is 10.9 Å². The van der Waals surface area contributed by atoms with Crippen LogP contribution in [0.5, 0.6) is 5.75 Å². The zero-order valence-electron chi connectivity index (χ0n) is 11.1. The first kappa shape index (κ1) is 15.5. The highest BCUT2D eigenvalue weighted by Gasteiger charge is 2.10. The molecule has 0 fully saturated rings. The van der Waals surface area contributed by atoms with Crippen LogP contribution in [0.1, 0.15) is 23.6 Å². The van der Waals surface area contributed by atoms with E-state index >= 15 is 0 Å². The second kappa shape index (κ2) is 7.21. The van der Waals surface area contributed by atoms with Crippen molar-refractivity contribution in [1.29, 1.82) is 0 Å². The lowest BCUT2D eigenvalue weighted by atomic mass is 10.1. The van der Waals surface area contributed by atoms with Gasteiger partial charge >= 0.3 is 0 Å². The number of benzene rings is 2. The van der Waals surface area contributed by atoms with Gasteiger partial charge < -0.3 is 4.74 Å². The lowest BCUT2D eigenvalue weighted by Gasteiger charge is -2.12. The van der Waals surface area contributed by atoms with E-state index in [1.165, 1.54) is 5.56 Å². The molecule has 0 aromatic heterocycles. The molecule has 0 saturated heterocycles. The number of hydrogen-bond donors (Lipinski definition) is 0. The number of ether oxygens (including phenoxy) is 1. The molecule has 0 heterocycles. The normalized spacial score (nSPS) is 10.6. The molecule has 0 aliphatic heterocycles. The van der Waals surface area contributed by atoms with Gasteiger partial charge in [0.2, 0.25) is 0 Å². The number of alkyl halides is 1.